The minimum absolute atomic E-state index is 0.0666. The van der Waals surface area contributed by atoms with Gasteiger partial charge in [-0.3, -0.25) is 0 Å². The Morgan fingerprint density at radius 1 is 1.03 bits per heavy atom. The van der Waals surface area contributed by atoms with Crippen molar-refractivity contribution in [1.29, 1.82) is 0 Å². The molecule has 29 heavy (non-hydrogen) atoms. The van der Waals surface area contributed by atoms with Gasteiger partial charge in [-0.25, -0.2) is 14.6 Å². The molecule has 0 saturated carbocycles. The zero-order valence-electron chi connectivity index (χ0n) is 15.1. The summed E-state index contributed by atoms with van der Waals surface area (Å²) in [5, 5.41) is 17.1. The van der Waals surface area contributed by atoms with E-state index in [4.69, 9.17) is 5.21 Å². The average molecular weight is 397 g/mol. The van der Waals surface area contributed by atoms with Crippen LogP contribution in [0.3, 0.4) is 0 Å². The van der Waals surface area contributed by atoms with E-state index in [-0.39, 0.29) is 5.82 Å². The largest absolute Gasteiger partial charge is 0.433 e. The van der Waals surface area contributed by atoms with Crippen LogP contribution < -0.4 is 0 Å². The molecule has 0 aliphatic rings. The van der Waals surface area contributed by atoms with Crippen molar-refractivity contribution in [3.63, 3.8) is 0 Å². The Hall–Kier alpha value is -3.75. The number of nitrogens with zero attached hydrogens (tertiary/aromatic N) is 5. The number of alkyl halides is 3. The molecule has 4 aromatic rings. The van der Waals surface area contributed by atoms with E-state index in [1.54, 1.807) is 37.4 Å². The van der Waals surface area contributed by atoms with Gasteiger partial charge in [0.05, 0.1) is 23.1 Å². The number of oxime groups is 1. The Balaban J connectivity index is 1.82. The lowest BCUT2D eigenvalue weighted by Crippen LogP contribution is -2.10. The molecule has 146 valence electrons. The van der Waals surface area contributed by atoms with Crippen molar-refractivity contribution in [2.45, 2.75) is 13.1 Å². The Labute approximate surface area is 163 Å². The van der Waals surface area contributed by atoms with Gasteiger partial charge in [0.25, 0.3) is 0 Å². The van der Waals surface area contributed by atoms with E-state index < -0.39 is 11.9 Å². The normalized spacial score (nSPS) is 12.5. The first-order valence-electron chi connectivity index (χ1n) is 8.56. The van der Waals surface area contributed by atoms with E-state index in [2.05, 4.69) is 20.2 Å². The minimum atomic E-state index is -4.54. The van der Waals surface area contributed by atoms with Crippen LogP contribution in [-0.2, 0) is 6.18 Å². The molecule has 0 bridgehead atoms. The van der Waals surface area contributed by atoms with Crippen LogP contribution in [0, 0.1) is 0 Å². The fraction of sp³-hybridized carbons (Fsp3) is 0.100. The van der Waals surface area contributed by atoms with E-state index in [0.29, 0.717) is 22.6 Å². The second-order valence-corrected chi connectivity index (χ2v) is 6.30. The SMILES string of the molecule is CC(=NO)c1cccc(-c2ccc3cnn(-c4cccc(C(F)(F)F)n4)c3c2)n1. The molecule has 4 rings (SSSR count). The Morgan fingerprint density at radius 2 is 1.83 bits per heavy atom. The predicted molar refractivity (Wildman–Crippen MR) is 101 cm³/mol. The van der Waals surface area contributed by atoms with Gasteiger partial charge in [0, 0.05) is 10.9 Å². The molecule has 0 saturated heterocycles. The number of fused-ring (bicyclic) bond motifs is 1. The molecule has 1 N–H and O–H groups in total. The molecular weight excluding hydrogens is 383 g/mol. The second-order valence-electron chi connectivity index (χ2n) is 6.30. The van der Waals surface area contributed by atoms with E-state index in [0.717, 1.165) is 17.0 Å². The van der Waals surface area contributed by atoms with Gasteiger partial charge in [0.2, 0.25) is 0 Å². The maximum Gasteiger partial charge on any atom is 0.433 e. The number of hydrogen-bond donors (Lipinski definition) is 1. The lowest BCUT2D eigenvalue weighted by Gasteiger charge is -2.09. The molecule has 3 heterocycles. The number of halogens is 3. The molecule has 0 spiro atoms. The first-order chi connectivity index (χ1) is 13.9. The lowest BCUT2D eigenvalue weighted by molar-refractivity contribution is -0.141. The van der Waals surface area contributed by atoms with Crippen LogP contribution in [0.15, 0.2) is 65.9 Å². The topological polar surface area (TPSA) is 76.2 Å². The van der Waals surface area contributed by atoms with Crippen LogP contribution in [-0.4, -0.2) is 30.7 Å². The lowest BCUT2D eigenvalue weighted by atomic mass is 10.1. The maximum absolute atomic E-state index is 13.0. The molecule has 6 nitrogen and oxygen atoms in total. The third kappa shape index (κ3) is 3.54. The van der Waals surface area contributed by atoms with Gasteiger partial charge in [-0.15, -0.1) is 0 Å². The van der Waals surface area contributed by atoms with Gasteiger partial charge in [-0.05, 0) is 37.3 Å². The first kappa shape index (κ1) is 18.6. The smallest absolute Gasteiger partial charge is 0.411 e. The Morgan fingerprint density at radius 3 is 2.59 bits per heavy atom. The quantitative estimate of drug-likeness (QED) is 0.309. The summed E-state index contributed by atoms with van der Waals surface area (Å²) in [6.45, 7) is 1.63. The maximum atomic E-state index is 13.0. The zero-order valence-corrected chi connectivity index (χ0v) is 15.1. The summed E-state index contributed by atoms with van der Waals surface area (Å²) >= 11 is 0. The van der Waals surface area contributed by atoms with Crippen LogP contribution in [0.4, 0.5) is 13.2 Å². The molecule has 9 heteroatoms. The summed E-state index contributed by atoms with van der Waals surface area (Å²) in [5.74, 6) is 0.0666. The highest BCUT2D eigenvalue weighted by molar-refractivity contribution is 5.97. The van der Waals surface area contributed by atoms with Gasteiger partial charge in [0.15, 0.2) is 5.82 Å². The molecular formula is C20H14F3N5O. The highest BCUT2D eigenvalue weighted by atomic mass is 19.4. The van der Waals surface area contributed by atoms with Gasteiger partial charge >= 0.3 is 6.18 Å². The van der Waals surface area contributed by atoms with Crippen LogP contribution >= 0.6 is 0 Å². The Bertz CT molecular complexity index is 1230. The number of aromatic nitrogens is 4. The molecule has 0 aliphatic carbocycles. The van der Waals surface area contributed by atoms with E-state index in [1.807, 2.05) is 12.1 Å². The number of rotatable bonds is 3. The third-order valence-corrected chi connectivity index (χ3v) is 4.38. The van der Waals surface area contributed by atoms with Gasteiger partial charge in [-0.1, -0.05) is 29.4 Å². The van der Waals surface area contributed by atoms with Gasteiger partial charge in [-0.2, -0.15) is 18.3 Å². The Kier molecular flexibility index (Phi) is 4.50. The second kappa shape index (κ2) is 7.01. The number of hydrogen-bond acceptors (Lipinski definition) is 5. The van der Waals surface area contributed by atoms with Crippen molar-refractivity contribution in [3.05, 3.63) is 72.2 Å². The molecule has 1 aromatic carbocycles. The van der Waals surface area contributed by atoms with Gasteiger partial charge < -0.3 is 5.21 Å². The third-order valence-electron chi connectivity index (χ3n) is 4.38. The fourth-order valence-corrected chi connectivity index (χ4v) is 2.91. The van der Waals surface area contributed by atoms with Crippen molar-refractivity contribution in [2.24, 2.45) is 5.16 Å². The molecule has 0 atom stereocenters. The van der Waals surface area contributed by atoms with Crippen molar-refractivity contribution < 1.29 is 18.4 Å². The monoisotopic (exact) mass is 397 g/mol. The molecule has 3 aromatic heterocycles. The highest BCUT2D eigenvalue weighted by Gasteiger charge is 2.32. The minimum Gasteiger partial charge on any atom is -0.411 e. The molecule has 0 amide bonds. The summed E-state index contributed by atoms with van der Waals surface area (Å²) < 4.78 is 40.4. The summed E-state index contributed by atoms with van der Waals surface area (Å²) in [4.78, 5) is 8.17. The predicted octanol–water partition coefficient (Wildman–Crippen LogP) is 4.70. The number of benzene rings is 1. The summed E-state index contributed by atoms with van der Waals surface area (Å²) in [7, 11) is 0. The standard InChI is InChI=1S/C20H14F3N5O/c1-12(27-29)15-4-2-5-16(25-15)13-8-9-14-11-24-28(17(14)10-13)19-7-3-6-18(26-19)20(21,22)23/h2-11,29H,1H3. The molecule has 0 unspecified atom stereocenters. The zero-order chi connectivity index (χ0) is 20.6. The van der Waals surface area contributed by atoms with E-state index in [1.165, 1.54) is 16.8 Å². The average Bonchev–Trinajstić information content (AvgIpc) is 3.16. The van der Waals surface area contributed by atoms with Crippen LogP contribution in [0.5, 0.6) is 0 Å². The first-order valence-corrected chi connectivity index (χ1v) is 8.56. The van der Waals surface area contributed by atoms with E-state index >= 15 is 0 Å². The van der Waals surface area contributed by atoms with Crippen LogP contribution in [0.1, 0.15) is 18.3 Å². The fourth-order valence-electron chi connectivity index (χ4n) is 2.91. The highest BCUT2D eigenvalue weighted by Crippen LogP contribution is 2.29. The van der Waals surface area contributed by atoms with Crippen molar-refractivity contribution >= 4 is 16.6 Å². The van der Waals surface area contributed by atoms with Gasteiger partial charge in [0.1, 0.15) is 11.4 Å². The molecule has 0 fully saturated rings. The molecule has 0 aliphatic heterocycles. The number of pyridine rings is 2. The summed E-state index contributed by atoms with van der Waals surface area (Å²) in [5.41, 5.74) is 1.84. The summed E-state index contributed by atoms with van der Waals surface area (Å²) in [6, 6.07) is 14.4. The van der Waals surface area contributed by atoms with Crippen LogP contribution in [0.25, 0.3) is 28.0 Å². The van der Waals surface area contributed by atoms with Crippen LogP contribution in [0.2, 0.25) is 0 Å². The van der Waals surface area contributed by atoms with Crippen molar-refractivity contribution in [1.82, 2.24) is 19.7 Å². The van der Waals surface area contributed by atoms with Crippen molar-refractivity contribution in [3.8, 4) is 17.1 Å². The van der Waals surface area contributed by atoms with Crippen molar-refractivity contribution in [2.75, 3.05) is 0 Å². The molecule has 0 radical (unpaired) electrons. The van der Waals surface area contributed by atoms with E-state index in [9.17, 15) is 13.2 Å². The summed E-state index contributed by atoms with van der Waals surface area (Å²) in [6.07, 6.45) is -2.98.